The minimum Gasteiger partial charge on any atom is -0.303 e. The maximum absolute atomic E-state index is 4.76. The first-order chi connectivity index (χ1) is 11.7. The minimum atomic E-state index is 0.211. The molecule has 0 aliphatic rings. The summed E-state index contributed by atoms with van der Waals surface area (Å²) in [6.45, 7) is 7.03. The van der Waals surface area contributed by atoms with Gasteiger partial charge in [-0.3, -0.25) is 0 Å². The Morgan fingerprint density at radius 3 is 2.54 bits per heavy atom. The van der Waals surface area contributed by atoms with Gasteiger partial charge in [-0.25, -0.2) is 15.0 Å². The number of hydrogen-bond acceptors (Lipinski definition) is 6. The molecule has 0 fully saturated rings. The van der Waals surface area contributed by atoms with Gasteiger partial charge in [0.25, 0.3) is 0 Å². The molecule has 3 heterocycles. The summed E-state index contributed by atoms with van der Waals surface area (Å²) in [6.07, 6.45) is 5.65. The van der Waals surface area contributed by atoms with Gasteiger partial charge >= 0.3 is 0 Å². The molecule has 0 aliphatic heterocycles. The summed E-state index contributed by atoms with van der Waals surface area (Å²) < 4.78 is 0. The molecular formula is C18H22N4S2. The van der Waals surface area contributed by atoms with Crippen LogP contribution in [0.4, 0.5) is 0 Å². The average Bonchev–Trinajstić information content (AvgIpc) is 3.22. The van der Waals surface area contributed by atoms with E-state index in [4.69, 9.17) is 4.98 Å². The van der Waals surface area contributed by atoms with E-state index in [1.54, 1.807) is 22.7 Å². The maximum Gasteiger partial charge on any atom is 0.127 e. The molecule has 0 bridgehead atoms. The SMILES string of the molecule is CCc1ncc(CN[C@@H](Cc2ccsc2)c2nc(C)c(C)s2)cn1. The van der Waals surface area contributed by atoms with E-state index in [9.17, 15) is 0 Å². The molecule has 0 aromatic carbocycles. The second-order valence-electron chi connectivity index (χ2n) is 5.82. The Hall–Kier alpha value is -1.63. The fraction of sp³-hybridized carbons (Fsp3) is 0.389. The molecule has 4 nitrogen and oxygen atoms in total. The van der Waals surface area contributed by atoms with Crippen LogP contribution in [0.3, 0.4) is 0 Å². The Morgan fingerprint density at radius 1 is 1.17 bits per heavy atom. The van der Waals surface area contributed by atoms with Gasteiger partial charge in [0.15, 0.2) is 0 Å². The van der Waals surface area contributed by atoms with E-state index in [0.717, 1.165) is 41.5 Å². The Bertz CT molecular complexity index is 743. The smallest absolute Gasteiger partial charge is 0.127 e. The molecule has 0 saturated heterocycles. The van der Waals surface area contributed by atoms with Crippen molar-refractivity contribution in [3.63, 3.8) is 0 Å². The van der Waals surface area contributed by atoms with Crippen molar-refractivity contribution in [1.29, 1.82) is 0 Å². The number of hydrogen-bond donors (Lipinski definition) is 1. The molecule has 0 amide bonds. The zero-order chi connectivity index (χ0) is 16.9. The number of nitrogens with zero attached hydrogens (tertiary/aromatic N) is 3. The van der Waals surface area contributed by atoms with E-state index >= 15 is 0 Å². The van der Waals surface area contributed by atoms with Crippen molar-refractivity contribution in [3.05, 3.63) is 61.8 Å². The third-order valence-corrected chi connectivity index (χ3v) is 5.91. The molecule has 0 radical (unpaired) electrons. The van der Waals surface area contributed by atoms with Crippen molar-refractivity contribution in [1.82, 2.24) is 20.3 Å². The zero-order valence-electron chi connectivity index (χ0n) is 14.2. The fourth-order valence-corrected chi connectivity index (χ4v) is 4.11. The second-order valence-corrected chi connectivity index (χ2v) is 7.84. The van der Waals surface area contributed by atoms with Gasteiger partial charge < -0.3 is 5.32 Å². The number of thiazole rings is 1. The number of aromatic nitrogens is 3. The zero-order valence-corrected chi connectivity index (χ0v) is 15.9. The number of thiophene rings is 1. The molecule has 0 spiro atoms. The summed E-state index contributed by atoms with van der Waals surface area (Å²) in [5.74, 6) is 0.889. The summed E-state index contributed by atoms with van der Waals surface area (Å²) in [5.41, 5.74) is 3.58. The maximum atomic E-state index is 4.76. The quantitative estimate of drug-likeness (QED) is 0.686. The van der Waals surface area contributed by atoms with Gasteiger partial charge in [0.1, 0.15) is 10.8 Å². The fourth-order valence-electron chi connectivity index (χ4n) is 2.43. The highest BCUT2D eigenvalue weighted by atomic mass is 32.1. The van der Waals surface area contributed by atoms with Crippen molar-refractivity contribution < 1.29 is 0 Å². The molecule has 1 N–H and O–H groups in total. The summed E-state index contributed by atoms with van der Waals surface area (Å²) in [5, 5.41) is 9.13. The average molecular weight is 359 g/mol. The minimum absolute atomic E-state index is 0.211. The summed E-state index contributed by atoms with van der Waals surface area (Å²) in [6, 6.07) is 2.40. The molecule has 1 atom stereocenters. The van der Waals surface area contributed by atoms with Crippen LogP contribution in [0.2, 0.25) is 0 Å². The molecule has 24 heavy (non-hydrogen) atoms. The van der Waals surface area contributed by atoms with Crippen molar-refractivity contribution in [2.45, 2.75) is 46.2 Å². The molecule has 0 unspecified atom stereocenters. The Morgan fingerprint density at radius 2 is 1.96 bits per heavy atom. The second kappa shape index (κ2) is 7.96. The Kier molecular flexibility index (Phi) is 5.71. The molecule has 126 valence electrons. The van der Waals surface area contributed by atoms with Gasteiger partial charge in [0.05, 0.1) is 11.7 Å². The summed E-state index contributed by atoms with van der Waals surface area (Å²) in [7, 11) is 0. The van der Waals surface area contributed by atoms with Gasteiger partial charge in [-0.05, 0) is 42.7 Å². The third-order valence-electron chi connectivity index (χ3n) is 3.99. The summed E-state index contributed by atoms with van der Waals surface area (Å²) >= 11 is 3.52. The highest BCUT2D eigenvalue weighted by Gasteiger charge is 2.17. The van der Waals surface area contributed by atoms with Crippen LogP contribution < -0.4 is 5.32 Å². The molecule has 3 aromatic heterocycles. The summed E-state index contributed by atoms with van der Waals surface area (Å²) in [4.78, 5) is 14.8. The monoisotopic (exact) mass is 358 g/mol. The largest absolute Gasteiger partial charge is 0.303 e. The van der Waals surface area contributed by atoms with Crippen LogP contribution in [0, 0.1) is 13.8 Å². The molecule has 6 heteroatoms. The molecule has 3 rings (SSSR count). The standard InChI is InChI=1S/C18H22N4S2/c1-4-17-20-9-15(10-21-17)8-19-16(7-14-5-6-23-11-14)18-22-12(2)13(3)24-18/h5-6,9-11,16,19H,4,7-8H2,1-3H3/t16-/m0/s1. The van der Waals surface area contributed by atoms with Crippen molar-refractivity contribution >= 4 is 22.7 Å². The van der Waals surface area contributed by atoms with Crippen molar-refractivity contribution in [3.8, 4) is 0 Å². The van der Waals surface area contributed by atoms with Gasteiger partial charge in [0.2, 0.25) is 0 Å². The molecular weight excluding hydrogens is 336 g/mol. The number of nitrogens with one attached hydrogen (secondary N) is 1. The number of rotatable bonds is 7. The van der Waals surface area contributed by atoms with Gasteiger partial charge in [0, 0.05) is 35.8 Å². The lowest BCUT2D eigenvalue weighted by molar-refractivity contribution is 0.526. The van der Waals surface area contributed by atoms with Crippen LogP contribution in [0.25, 0.3) is 0 Å². The van der Waals surface area contributed by atoms with E-state index in [1.165, 1.54) is 10.4 Å². The molecule has 0 saturated carbocycles. The molecule has 3 aromatic rings. The first kappa shape index (κ1) is 17.2. The van der Waals surface area contributed by atoms with Gasteiger partial charge in [-0.15, -0.1) is 11.3 Å². The Labute approximate surface area is 151 Å². The predicted octanol–water partition coefficient (Wildman–Crippen LogP) is 4.25. The van der Waals surface area contributed by atoms with Crippen LogP contribution >= 0.6 is 22.7 Å². The Balaban J connectivity index is 1.73. The van der Waals surface area contributed by atoms with E-state index in [1.807, 2.05) is 12.4 Å². The first-order valence-corrected chi connectivity index (χ1v) is 9.89. The topological polar surface area (TPSA) is 50.7 Å². The van der Waals surface area contributed by atoms with Crippen LogP contribution in [0.1, 0.15) is 45.5 Å². The lowest BCUT2D eigenvalue weighted by Crippen LogP contribution is -2.23. The van der Waals surface area contributed by atoms with Crippen molar-refractivity contribution in [2.75, 3.05) is 0 Å². The van der Waals surface area contributed by atoms with E-state index < -0.39 is 0 Å². The lowest BCUT2D eigenvalue weighted by atomic mass is 10.1. The highest BCUT2D eigenvalue weighted by Crippen LogP contribution is 2.26. The first-order valence-electron chi connectivity index (χ1n) is 8.14. The third kappa shape index (κ3) is 4.26. The van der Waals surface area contributed by atoms with E-state index in [-0.39, 0.29) is 6.04 Å². The van der Waals surface area contributed by atoms with Crippen LogP contribution in [0.5, 0.6) is 0 Å². The van der Waals surface area contributed by atoms with Crippen LogP contribution in [-0.4, -0.2) is 15.0 Å². The lowest BCUT2D eigenvalue weighted by Gasteiger charge is -2.16. The van der Waals surface area contributed by atoms with Gasteiger partial charge in [-0.1, -0.05) is 6.92 Å². The van der Waals surface area contributed by atoms with E-state index in [2.05, 4.69) is 52.9 Å². The van der Waals surface area contributed by atoms with E-state index in [0.29, 0.717) is 0 Å². The normalized spacial score (nSPS) is 12.5. The van der Waals surface area contributed by atoms with Crippen LogP contribution in [-0.2, 0) is 19.4 Å². The molecule has 0 aliphatic carbocycles. The number of aryl methyl sites for hydroxylation is 3. The van der Waals surface area contributed by atoms with Crippen LogP contribution in [0.15, 0.2) is 29.2 Å². The highest BCUT2D eigenvalue weighted by molar-refractivity contribution is 7.11. The van der Waals surface area contributed by atoms with Crippen molar-refractivity contribution in [2.24, 2.45) is 0 Å². The predicted molar refractivity (Wildman–Crippen MR) is 101 cm³/mol. The van der Waals surface area contributed by atoms with Gasteiger partial charge in [-0.2, -0.15) is 11.3 Å².